The number of nitro benzene ring substituents is 1. The summed E-state index contributed by atoms with van der Waals surface area (Å²) in [6.07, 6.45) is 0. The smallest absolute Gasteiger partial charge is 0.270 e. The lowest BCUT2D eigenvalue weighted by atomic mass is 10.2. The summed E-state index contributed by atoms with van der Waals surface area (Å²) in [4.78, 5) is 22.7. The number of rotatable bonds is 6. The van der Waals surface area contributed by atoms with Gasteiger partial charge >= 0.3 is 0 Å². The topological polar surface area (TPSA) is 110 Å². The van der Waals surface area contributed by atoms with Gasteiger partial charge < -0.3 is 5.32 Å². The SMILES string of the molecule is CC(C)N(C)S(=O)(=O)c1ccc(NC(=O)c2cc([N+](=O)[O-])ccc2Cl)cc1. The highest BCUT2D eigenvalue weighted by Gasteiger charge is 2.23. The maximum absolute atomic E-state index is 12.4. The van der Waals surface area contributed by atoms with Crippen molar-refractivity contribution in [2.75, 3.05) is 12.4 Å². The number of carbonyl (C=O) groups excluding carboxylic acids is 1. The van der Waals surface area contributed by atoms with E-state index >= 15 is 0 Å². The van der Waals surface area contributed by atoms with Crippen LogP contribution in [0.3, 0.4) is 0 Å². The summed E-state index contributed by atoms with van der Waals surface area (Å²) in [5.41, 5.74) is 0.0125. The van der Waals surface area contributed by atoms with Crippen LogP contribution in [0, 0.1) is 10.1 Å². The van der Waals surface area contributed by atoms with E-state index < -0.39 is 20.9 Å². The molecule has 0 radical (unpaired) electrons. The second kappa shape index (κ2) is 8.03. The minimum atomic E-state index is -3.63. The van der Waals surface area contributed by atoms with Gasteiger partial charge in [0.15, 0.2) is 0 Å². The van der Waals surface area contributed by atoms with Crippen molar-refractivity contribution in [3.63, 3.8) is 0 Å². The van der Waals surface area contributed by atoms with E-state index in [1.165, 1.54) is 47.8 Å². The number of benzene rings is 2. The molecule has 0 aliphatic heterocycles. The van der Waals surface area contributed by atoms with Crippen LogP contribution in [0.15, 0.2) is 47.4 Å². The molecule has 0 saturated carbocycles. The highest BCUT2D eigenvalue weighted by molar-refractivity contribution is 7.89. The van der Waals surface area contributed by atoms with Gasteiger partial charge in [-0.3, -0.25) is 14.9 Å². The second-order valence-electron chi connectivity index (χ2n) is 6.01. The molecule has 1 N–H and O–H groups in total. The normalized spacial score (nSPS) is 11.6. The van der Waals surface area contributed by atoms with E-state index in [-0.39, 0.29) is 27.2 Å². The maximum Gasteiger partial charge on any atom is 0.270 e. The Labute approximate surface area is 162 Å². The zero-order valence-corrected chi connectivity index (χ0v) is 16.4. The molecule has 0 fully saturated rings. The summed E-state index contributed by atoms with van der Waals surface area (Å²) < 4.78 is 26.1. The molecule has 10 heteroatoms. The molecule has 8 nitrogen and oxygen atoms in total. The number of nitrogens with one attached hydrogen (secondary N) is 1. The Hall–Kier alpha value is -2.49. The summed E-state index contributed by atoms with van der Waals surface area (Å²) in [5, 5.41) is 13.5. The largest absolute Gasteiger partial charge is 0.322 e. The van der Waals surface area contributed by atoms with E-state index in [1.807, 2.05) is 0 Å². The van der Waals surface area contributed by atoms with Crippen molar-refractivity contribution < 1.29 is 18.1 Å². The van der Waals surface area contributed by atoms with Gasteiger partial charge in [-0.25, -0.2) is 8.42 Å². The fourth-order valence-corrected chi connectivity index (χ4v) is 3.72. The number of hydrogen-bond donors (Lipinski definition) is 1. The molecule has 2 rings (SSSR count). The molecule has 0 aromatic heterocycles. The number of sulfonamides is 1. The molecule has 0 aliphatic carbocycles. The number of nitrogens with zero attached hydrogens (tertiary/aromatic N) is 2. The maximum atomic E-state index is 12.4. The van der Waals surface area contributed by atoms with E-state index in [4.69, 9.17) is 11.6 Å². The number of anilines is 1. The molecule has 0 heterocycles. The lowest BCUT2D eigenvalue weighted by Gasteiger charge is -2.21. The molecule has 27 heavy (non-hydrogen) atoms. The van der Waals surface area contributed by atoms with Gasteiger partial charge in [0.1, 0.15) is 0 Å². The molecule has 0 unspecified atom stereocenters. The number of amides is 1. The van der Waals surface area contributed by atoms with Crippen LogP contribution in [0.2, 0.25) is 5.02 Å². The average Bonchev–Trinajstić information content (AvgIpc) is 2.61. The first-order valence-electron chi connectivity index (χ1n) is 7.87. The van der Waals surface area contributed by atoms with Crippen molar-refractivity contribution in [2.24, 2.45) is 0 Å². The predicted octanol–water partition coefficient (Wildman–Crippen LogP) is 3.53. The molecule has 0 atom stereocenters. The summed E-state index contributed by atoms with van der Waals surface area (Å²) in [6.45, 7) is 3.52. The fraction of sp³-hybridized carbons (Fsp3) is 0.235. The van der Waals surface area contributed by atoms with E-state index in [9.17, 15) is 23.3 Å². The Bertz CT molecular complexity index is 975. The third-order valence-electron chi connectivity index (χ3n) is 3.92. The highest BCUT2D eigenvalue weighted by Crippen LogP contribution is 2.24. The van der Waals surface area contributed by atoms with Crippen LogP contribution in [-0.4, -0.2) is 36.6 Å². The van der Waals surface area contributed by atoms with Crippen LogP contribution in [0.4, 0.5) is 11.4 Å². The average molecular weight is 412 g/mol. The van der Waals surface area contributed by atoms with E-state index in [2.05, 4.69) is 5.32 Å². The van der Waals surface area contributed by atoms with Gasteiger partial charge in [0, 0.05) is 30.9 Å². The first-order chi connectivity index (χ1) is 12.5. The van der Waals surface area contributed by atoms with Crippen molar-refractivity contribution in [2.45, 2.75) is 24.8 Å². The van der Waals surface area contributed by atoms with Crippen molar-refractivity contribution in [1.29, 1.82) is 0 Å². The number of carbonyl (C=O) groups is 1. The highest BCUT2D eigenvalue weighted by atomic mass is 35.5. The van der Waals surface area contributed by atoms with Crippen molar-refractivity contribution in [1.82, 2.24) is 4.31 Å². The van der Waals surface area contributed by atoms with Crippen LogP contribution >= 0.6 is 11.6 Å². The van der Waals surface area contributed by atoms with Crippen LogP contribution in [0.25, 0.3) is 0 Å². The Kier molecular flexibility index (Phi) is 6.19. The second-order valence-corrected chi connectivity index (χ2v) is 8.42. The standard InChI is InChI=1S/C17H18ClN3O5S/c1-11(2)20(3)27(25,26)14-7-4-12(5-8-14)19-17(22)15-10-13(21(23)24)6-9-16(15)18/h4-11H,1-3H3,(H,19,22). The van der Waals surface area contributed by atoms with E-state index in [0.29, 0.717) is 5.69 Å². The molecule has 0 spiro atoms. The van der Waals surface area contributed by atoms with Gasteiger partial charge in [-0.2, -0.15) is 4.31 Å². The number of halogens is 1. The van der Waals surface area contributed by atoms with Crippen molar-refractivity contribution >= 4 is 38.9 Å². The van der Waals surface area contributed by atoms with E-state index in [1.54, 1.807) is 13.8 Å². The Morgan fingerprint density at radius 3 is 2.30 bits per heavy atom. The first-order valence-corrected chi connectivity index (χ1v) is 9.69. The van der Waals surface area contributed by atoms with Gasteiger partial charge in [0.05, 0.1) is 20.4 Å². The molecule has 0 aliphatic rings. The van der Waals surface area contributed by atoms with Crippen LogP contribution in [0.5, 0.6) is 0 Å². The zero-order valence-electron chi connectivity index (χ0n) is 14.8. The minimum Gasteiger partial charge on any atom is -0.322 e. The van der Waals surface area contributed by atoms with Gasteiger partial charge in [0.25, 0.3) is 11.6 Å². The van der Waals surface area contributed by atoms with Crippen LogP contribution < -0.4 is 5.32 Å². The third-order valence-corrected chi connectivity index (χ3v) is 6.30. The van der Waals surface area contributed by atoms with Gasteiger partial charge in [0.2, 0.25) is 10.0 Å². The van der Waals surface area contributed by atoms with Gasteiger partial charge in [-0.1, -0.05) is 11.6 Å². The van der Waals surface area contributed by atoms with E-state index in [0.717, 1.165) is 6.07 Å². The summed E-state index contributed by atoms with van der Waals surface area (Å²) in [7, 11) is -2.15. The number of nitro groups is 1. The first kappa shape index (κ1) is 20.8. The molecule has 0 bridgehead atoms. The predicted molar refractivity (Wildman–Crippen MR) is 103 cm³/mol. The Balaban J connectivity index is 2.23. The lowest BCUT2D eigenvalue weighted by Crippen LogP contribution is -2.33. The lowest BCUT2D eigenvalue weighted by molar-refractivity contribution is -0.384. The third kappa shape index (κ3) is 4.62. The monoisotopic (exact) mass is 411 g/mol. The summed E-state index contributed by atoms with van der Waals surface area (Å²) >= 11 is 5.94. The quantitative estimate of drug-likeness (QED) is 0.577. The van der Waals surface area contributed by atoms with Gasteiger partial charge in [-0.15, -0.1) is 0 Å². The molecular weight excluding hydrogens is 394 g/mol. The molecule has 1 amide bonds. The minimum absolute atomic E-state index is 0.0536. The Morgan fingerprint density at radius 2 is 1.78 bits per heavy atom. The molecule has 0 saturated heterocycles. The van der Waals surface area contributed by atoms with Crippen LogP contribution in [-0.2, 0) is 10.0 Å². The zero-order chi connectivity index (χ0) is 20.4. The number of hydrogen-bond acceptors (Lipinski definition) is 5. The Morgan fingerprint density at radius 1 is 1.19 bits per heavy atom. The van der Waals surface area contributed by atoms with Crippen molar-refractivity contribution in [3.8, 4) is 0 Å². The summed E-state index contributed by atoms with van der Waals surface area (Å²) in [6, 6.07) is 8.96. The molecule has 2 aromatic carbocycles. The molecule has 2 aromatic rings. The fourth-order valence-electron chi connectivity index (χ4n) is 2.15. The summed E-state index contributed by atoms with van der Waals surface area (Å²) in [5.74, 6) is -0.640. The molecule has 144 valence electrons. The number of non-ortho nitro benzene ring substituents is 1. The van der Waals surface area contributed by atoms with Crippen molar-refractivity contribution in [3.05, 3.63) is 63.2 Å². The molecular formula is C17H18ClN3O5S. The van der Waals surface area contributed by atoms with Crippen LogP contribution in [0.1, 0.15) is 24.2 Å². The van der Waals surface area contributed by atoms with Gasteiger partial charge in [-0.05, 0) is 44.2 Å².